The molecule has 3 nitrogen and oxygen atoms in total. The molecular formula is C15H20ClNO2. The molecule has 1 aromatic carbocycles. The van der Waals surface area contributed by atoms with Crippen molar-refractivity contribution in [3.05, 3.63) is 22.7 Å². The van der Waals surface area contributed by atoms with Crippen molar-refractivity contribution in [3.63, 3.8) is 0 Å². The molecule has 104 valence electrons. The van der Waals surface area contributed by atoms with Gasteiger partial charge in [0.15, 0.2) is 11.5 Å². The van der Waals surface area contributed by atoms with E-state index in [1.165, 1.54) is 0 Å². The Labute approximate surface area is 119 Å². The molecule has 0 aromatic heterocycles. The molecule has 19 heavy (non-hydrogen) atoms. The molecule has 2 aliphatic rings. The molecule has 0 radical (unpaired) electrons. The normalized spacial score (nSPS) is 22.7. The van der Waals surface area contributed by atoms with Crippen molar-refractivity contribution in [2.45, 2.75) is 38.6 Å². The fraction of sp³-hybridized carbons (Fsp3) is 0.600. The highest BCUT2D eigenvalue weighted by Crippen LogP contribution is 2.42. The van der Waals surface area contributed by atoms with E-state index in [0.717, 1.165) is 41.3 Å². The smallest absolute Gasteiger partial charge is 0.162 e. The SMILES string of the molecule is CC1(C)COc2cc(Cl)c(CC3(N)CC3)cc2OC1. The minimum absolute atomic E-state index is 0.0112. The summed E-state index contributed by atoms with van der Waals surface area (Å²) in [5.74, 6) is 1.52. The quantitative estimate of drug-likeness (QED) is 0.905. The van der Waals surface area contributed by atoms with Gasteiger partial charge in [-0.2, -0.15) is 0 Å². The van der Waals surface area contributed by atoms with Crippen LogP contribution in [0.25, 0.3) is 0 Å². The number of benzene rings is 1. The molecule has 0 spiro atoms. The third-order valence-corrected chi connectivity index (χ3v) is 4.14. The van der Waals surface area contributed by atoms with Gasteiger partial charge in [0.25, 0.3) is 0 Å². The molecule has 4 heteroatoms. The Balaban J connectivity index is 1.88. The van der Waals surface area contributed by atoms with Gasteiger partial charge in [-0.05, 0) is 30.9 Å². The van der Waals surface area contributed by atoms with Crippen molar-refractivity contribution >= 4 is 11.6 Å². The average molecular weight is 282 g/mol. The summed E-state index contributed by atoms with van der Waals surface area (Å²) in [5, 5.41) is 0.721. The van der Waals surface area contributed by atoms with Crippen LogP contribution < -0.4 is 15.2 Å². The summed E-state index contributed by atoms with van der Waals surface area (Å²) in [5.41, 5.74) is 7.18. The van der Waals surface area contributed by atoms with Gasteiger partial charge >= 0.3 is 0 Å². The fourth-order valence-corrected chi connectivity index (χ4v) is 2.46. The van der Waals surface area contributed by atoms with Crippen molar-refractivity contribution in [3.8, 4) is 11.5 Å². The zero-order chi connectivity index (χ0) is 13.7. The second kappa shape index (κ2) is 4.29. The molecule has 0 saturated heterocycles. The predicted octanol–water partition coefficient (Wildman–Crippen LogP) is 3.17. The number of hydrogen-bond donors (Lipinski definition) is 1. The Morgan fingerprint density at radius 1 is 1.16 bits per heavy atom. The van der Waals surface area contributed by atoms with Crippen LogP contribution in [0.5, 0.6) is 11.5 Å². The molecule has 1 aliphatic carbocycles. The molecular weight excluding hydrogens is 262 g/mol. The highest BCUT2D eigenvalue weighted by atomic mass is 35.5. The highest BCUT2D eigenvalue weighted by molar-refractivity contribution is 6.31. The van der Waals surface area contributed by atoms with Crippen LogP contribution in [-0.4, -0.2) is 18.8 Å². The summed E-state index contributed by atoms with van der Waals surface area (Å²) >= 11 is 6.33. The Morgan fingerprint density at radius 2 is 1.74 bits per heavy atom. The summed E-state index contributed by atoms with van der Waals surface area (Å²) in [6, 6.07) is 3.85. The van der Waals surface area contributed by atoms with Gasteiger partial charge in [-0.1, -0.05) is 25.4 Å². The number of nitrogens with two attached hydrogens (primary N) is 1. The van der Waals surface area contributed by atoms with Crippen LogP contribution >= 0.6 is 11.6 Å². The lowest BCUT2D eigenvalue weighted by Crippen LogP contribution is -2.26. The molecule has 1 saturated carbocycles. The van der Waals surface area contributed by atoms with E-state index in [4.69, 9.17) is 26.8 Å². The predicted molar refractivity (Wildman–Crippen MR) is 76.1 cm³/mol. The summed E-state index contributed by atoms with van der Waals surface area (Å²) in [6.07, 6.45) is 2.96. The van der Waals surface area contributed by atoms with Crippen molar-refractivity contribution in [1.82, 2.24) is 0 Å². The summed E-state index contributed by atoms with van der Waals surface area (Å²) < 4.78 is 11.7. The van der Waals surface area contributed by atoms with Crippen molar-refractivity contribution in [2.24, 2.45) is 11.1 Å². The lowest BCUT2D eigenvalue weighted by atomic mass is 9.97. The van der Waals surface area contributed by atoms with Crippen LogP contribution in [0.1, 0.15) is 32.3 Å². The van der Waals surface area contributed by atoms with Gasteiger partial charge in [0.1, 0.15) is 0 Å². The number of rotatable bonds is 2. The number of hydrogen-bond acceptors (Lipinski definition) is 3. The first-order valence-electron chi connectivity index (χ1n) is 6.74. The van der Waals surface area contributed by atoms with Crippen molar-refractivity contribution < 1.29 is 9.47 Å². The Hall–Kier alpha value is -0.930. The minimum atomic E-state index is -0.0528. The van der Waals surface area contributed by atoms with E-state index >= 15 is 0 Å². The molecule has 2 N–H and O–H groups in total. The molecule has 3 rings (SSSR count). The molecule has 0 atom stereocenters. The lowest BCUT2D eigenvalue weighted by molar-refractivity contribution is 0.140. The van der Waals surface area contributed by atoms with Crippen LogP contribution in [-0.2, 0) is 6.42 Å². The molecule has 1 aliphatic heterocycles. The van der Waals surface area contributed by atoms with Crippen LogP contribution in [0.4, 0.5) is 0 Å². The molecule has 1 fully saturated rings. The van der Waals surface area contributed by atoms with Crippen LogP contribution in [0, 0.1) is 5.41 Å². The van der Waals surface area contributed by atoms with E-state index in [2.05, 4.69) is 13.8 Å². The zero-order valence-corrected chi connectivity index (χ0v) is 12.2. The molecule has 0 bridgehead atoms. The first-order valence-corrected chi connectivity index (χ1v) is 7.12. The Kier molecular flexibility index (Phi) is 2.95. The maximum Gasteiger partial charge on any atom is 0.162 e. The van der Waals surface area contributed by atoms with Crippen LogP contribution in [0.3, 0.4) is 0 Å². The summed E-state index contributed by atoms with van der Waals surface area (Å²) in [4.78, 5) is 0. The topological polar surface area (TPSA) is 44.5 Å². The first kappa shape index (κ1) is 13.1. The van der Waals surface area contributed by atoms with Gasteiger partial charge in [0.2, 0.25) is 0 Å². The van der Waals surface area contributed by atoms with Gasteiger partial charge in [-0.25, -0.2) is 0 Å². The minimum Gasteiger partial charge on any atom is -0.489 e. The summed E-state index contributed by atoms with van der Waals surface area (Å²) in [6.45, 7) is 5.53. The first-order chi connectivity index (χ1) is 8.87. The Bertz CT molecular complexity index is 509. The molecule has 1 heterocycles. The lowest BCUT2D eigenvalue weighted by Gasteiger charge is -2.19. The van der Waals surface area contributed by atoms with Crippen LogP contribution in [0.15, 0.2) is 12.1 Å². The second-order valence-electron chi connectivity index (χ2n) is 6.67. The van der Waals surface area contributed by atoms with Gasteiger partial charge in [-0.3, -0.25) is 0 Å². The van der Waals surface area contributed by atoms with E-state index in [-0.39, 0.29) is 11.0 Å². The monoisotopic (exact) mass is 281 g/mol. The third kappa shape index (κ3) is 2.82. The second-order valence-corrected chi connectivity index (χ2v) is 7.08. The van der Waals surface area contributed by atoms with Gasteiger partial charge < -0.3 is 15.2 Å². The maximum absolute atomic E-state index is 6.33. The highest BCUT2D eigenvalue weighted by Gasteiger charge is 2.39. The van der Waals surface area contributed by atoms with Crippen LogP contribution in [0.2, 0.25) is 5.02 Å². The maximum atomic E-state index is 6.33. The summed E-state index contributed by atoms with van der Waals surface area (Å²) in [7, 11) is 0. The molecule has 1 aromatic rings. The van der Waals surface area contributed by atoms with Crippen molar-refractivity contribution in [1.29, 1.82) is 0 Å². The van der Waals surface area contributed by atoms with Gasteiger partial charge in [0.05, 0.1) is 13.2 Å². The van der Waals surface area contributed by atoms with E-state index < -0.39 is 0 Å². The number of halogens is 1. The fourth-order valence-electron chi connectivity index (χ4n) is 2.24. The molecule has 0 amide bonds. The van der Waals surface area contributed by atoms with E-state index in [0.29, 0.717) is 13.2 Å². The number of ether oxygens (including phenoxy) is 2. The Morgan fingerprint density at radius 3 is 2.32 bits per heavy atom. The van der Waals surface area contributed by atoms with Gasteiger partial charge in [-0.15, -0.1) is 0 Å². The van der Waals surface area contributed by atoms with E-state index in [1.807, 2.05) is 12.1 Å². The van der Waals surface area contributed by atoms with Gasteiger partial charge in [0, 0.05) is 22.0 Å². The van der Waals surface area contributed by atoms with E-state index in [1.54, 1.807) is 0 Å². The average Bonchev–Trinajstić information content (AvgIpc) is 3.07. The van der Waals surface area contributed by atoms with Crippen molar-refractivity contribution in [2.75, 3.05) is 13.2 Å². The standard InChI is InChI=1S/C15H20ClNO2/c1-14(2)8-18-12-5-10(7-15(17)3-4-15)11(16)6-13(12)19-9-14/h5-6H,3-4,7-9,17H2,1-2H3. The number of fused-ring (bicyclic) bond motifs is 1. The largest absolute Gasteiger partial charge is 0.489 e. The zero-order valence-electron chi connectivity index (χ0n) is 11.5. The third-order valence-electron chi connectivity index (χ3n) is 3.78. The molecule has 0 unspecified atom stereocenters. The van der Waals surface area contributed by atoms with E-state index in [9.17, 15) is 0 Å².